The highest BCUT2D eigenvalue weighted by atomic mass is 15.3. The Hall–Kier alpha value is -3.29. The van der Waals surface area contributed by atoms with E-state index in [4.69, 9.17) is 0 Å². The van der Waals surface area contributed by atoms with Crippen molar-refractivity contribution >= 4 is 11.3 Å². The van der Waals surface area contributed by atoms with Crippen molar-refractivity contribution in [3.05, 3.63) is 54.4 Å². The van der Waals surface area contributed by atoms with Gasteiger partial charge in [-0.25, -0.2) is 4.98 Å². The van der Waals surface area contributed by atoms with Gasteiger partial charge in [0, 0.05) is 18.5 Å². The molecule has 0 aliphatic rings. The van der Waals surface area contributed by atoms with E-state index in [1.54, 1.807) is 10.8 Å². The van der Waals surface area contributed by atoms with Crippen LogP contribution >= 0.6 is 0 Å². The van der Waals surface area contributed by atoms with Crippen LogP contribution in [0.15, 0.2) is 42.7 Å². The highest BCUT2D eigenvalue weighted by Crippen LogP contribution is 2.22. The van der Waals surface area contributed by atoms with Gasteiger partial charge in [0.25, 0.3) is 0 Å². The SMILES string of the molecule is Cc1nc(CCNc2cc(-c3ccccc3)nn3cnnc23)n[nH]1. The molecule has 120 valence electrons. The number of fused-ring (bicyclic) bond motifs is 1. The third-order valence-corrected chi connectivity index (χ3v) is 3.65. The van der Waals surface area contributed by atoms with E-state index in [1.165, 1.54) is 0 Å². The van der Waals surface area contributed by atoms with E-state index in [-0.39, 0.29) is 0 Å². The Kier molecular flexibility index (Phi) is 3.62. The van der Waals surface area contributed by atoms with Gasteiger partial charge in [-0.1, -0.05) is 30.3 Å². The van der Waals surface area contributed by atoms with Gasteiger partial charge >= 0.3 is 0 Å². The monoisotopic (exact) mass is 320 g/mol. The van der Waals surface area contributed by atoms with Gasteiger partial charge in [-0.3, -0.25) is 5.10 Å². The Labute approximate surface area is 138 Å². The van der Waals surface area contributed by atoms with Gasteiger partial charge in [0.15, 0.2) is 5.82 Å². The fraction of sp³-hybridized carbons (Fsp3) is 0.188. The first kappa shape index (κ1) is 14.3. The van der Waals surface area contributed by atoms with Gasteiger partial charge in [-0.2, -0.15) is 14.7 Å². The molecule has 4 aromatic rings. The molecule has 24 heavy (non-hydrogen) atoms. The number of rotatable bonds is 5. The van der Waals surface area contributed by atoms with Crippen LogP contribution in [0.1, 0.15) is 11.6 Å². The van der Waals surface area contributed by atoms with Crippen molar-refractivity contribution in [1.82, 2.24) is 35.0 Å². The van der Waals surface area contributed by atoms with Crippen LogP contribution in [-0.4, -0.2) is 41.5 Å². The Morgan fingerprint density at radius 1 is 1.21 bits per heavy atom. The number of benzene rings is 1. The normalized spacial score (nSPS) is 11.0. The average Bonchev–Trinajstić information content (AvgIpc) is 3.24. The zero-order valence-electron chi connectivity index (χ0n) is 13.1. The highest BCUT2D eigenvalue weighted by molar-refractivity contribution is 5.73. The molecule has 2 N–H and O–H groups in total. The summed E-state index contributed by atoms with van der Waals surface area (Å²) in [6.45, 7) is 2.58. The lowest BCUT2D eigenvalue weighted by molar-refractivity contribution is 0.895. The van der Waals surface area contributed by atoms with Crippen LogP contribution in [0.3, 0.4) is 0 Å². The highest BCUT2D eigenvalue weighted by Gasteiger charge is 2.09. The summed E-state index contributed by atoms with van der Waals surface area (Å²) in [7, 11) is 0. The summed E-state index contributed by atoms with van der Waals surface area (Å²) in [5.74, 6) is 1.61. The second-order valence-electron chi connectivity index (χ2n) is 5.42. The van der Waals surface area contributed by atoms with Crippen LogP contribution in [0.2, 0.25) is 0 Å². The molecule has 1 aromatic carbocycles. The van der Waals surface area contributed by atoms with Crippen molar-refractivity contribution < 1.29 is 0 Å². The van der Waals surface area contributed by atoms with Crippen molar-refractivity contribution in [3.8, 4) is 11.3 Å². The molecular weight excluding hydrogens is 304 g/mol. The number of anilines is 1. The zero-order chi connectivity index (χ0) is 16.4. The van der Waals surface area contributed by atoms with Crippen molar-refractivity contribution in [2.75, 3.05) is 11.9 Å². The fourth-order valence-electron chi connectivity index (χ4n) is 2.52. The molecule has 0 bridgehead atoms. The summed E-state index contributed by atoms with van der Waals surface area (Å²) in [6.07, 6.45) is 2.32. The topological polar surface area (TPSA) is 96.7 Å². The molecule has 0 aliphatic carbocycles. The standard InChI is InChI=1S/C16H16N8/c1-11-19-15(21-20-11)7-8-17-14-9-13(12-5-3-2-4-6-12)23-24-10-18-22-16(14)24/h2-6,9-10,17H,7-8H2,1H3,(H,19,20,21). The van der Waals surface area contributed by atoms with Crippen LogP contribution in [0, 0.1) is 6.92 Å². The van der Waals surface area contributed by atoms with E-state index in [9.17, 15) is 0 Å². The lowest BCUT2D eigenvalue weighted by atomic mass is 10.1. The third kappa shape index (κ3) is 2.81. The molecule has 8 heteroatoms. The van der Waals surface area contributed by atoms with Crippen LogP contribution in [0.5, 0.6) is 0 Å². The van der Waals surface area contributed by atoms with Gasteiger partial charge in [0.05, 0.1) is 11.4 Å². The quantitative estimate of drug-likeness (QED) is 0.583. The molecule has 8 nitrogen and oxygen atoms in total. The van der Waals surface area contributed by atoms with Crippen LogP contribution < -0.4 is 5.32 Å². The maximum absolute atomic E-state index is 4.56. The molecule has 0 saturated carbocycles. The summed E-state index contributed by atoms with van der Waals surface area (Å²) >= 11 is 0. The molecule has 0 aliphatic heterocycles. The van der Waals surface area contributed by atoms with Gasteiger partial charge in [-0.05, 0) is 13.0 Å². The zero-order valence-corrected chi connectivity index (χ0v) is 13.1. The predicted octanol–water partition coefficient (Wildman–Crippen LogP) is 1.87. The van der Waals surface area contributed by atoms with Crippen LogP contribution in [0.4, 0.5) is 5.69 Å². The first-order valence-electron chi connectivity index (χ1n) is 7.68. The Balaban J connectivity index is 1.60. The van der Waals surface area contributed by atoms with Crippen LogP contribution in [-0.2, 0) is 6.42 Å². The Morgan fingerprint density at radius 2 is 2.08 bits per heavy atom. The van der Waals surface area contributed by atoms with Crippen molar-refractivity contribution in [2.24, 2.45) is 0 Å². The minimum Gasteiger partial charge on any atom is -0.381 e. The van der Waals surface area contributed by atoms with Crippen LogP contribution in [0.25, 0.3) is 16.9 Å². The maximum Gasteiger partial charge on any atom is 0.200 e. The first-order chi connectivity index (χ1) is 11.8. The summed E-state index contributed by atoms with van der Waals surface area (Å²) in [6, 6.07) is 12.0. The largest absolute Gasteiger partial charge is 0.381 e. The summed E-state index contributed by atoms with van der Waals surface area (Å²) in [4.78, 5) is 4.31. The van der Waals surface area contributed by atoms with Gasteiger partial charge in [0.1, 0.15) is 12.2 Å². The summed E-state index contributed by atoms with van der Waals surface area (Å²) < 4.78 is 1.68. The molecule has 3 aromatic heterocycles. The molecule has 0 saturated heterocycles. The summed E-state index contributed by atoms with van der Waals surface area (Å²) in [5.41, 5.74) is 3.48. The minimum atomic E-state index is 0.693. The predicted molar refractivity (Wildman–Crippen MR) is 89.5 cm³/mol. The molecule has 0 radical (unpaired) electrons. The second kappa shape index (κ2) is 6.07. The average molecular weight is 320 g/mol. The number of aromatic amines is 1. The Morgan fingerprint density at radius 3 is 2.88 bits per heavy atom. The minimum absolute atomic E-state index is 0.693. The maximum atomic E-state index is 4.56. The second-order valence-corrected chi connectivity index (χ2v) is 5.42. The number of H-pyrrole nitrogens is 1. The Bertz CT molecular complexity index is 957. The van der Waals surface area contributed by atoms with E-state index in [0.717, 1.165) is 28.6 Å². The smallest absolute Gasteiger partial charge is 0.200 e. The molecule has 0 amide bonds. The van der Waals surface area contributed by atoms with E-state index in [2.05, 4.69) is 35.8 Å². The van der Waals surface area contributed by atoms with Crippen molar-refractivity contribution in [2.45, 2.75) is 13.3 Å². The number of hydrogen-bond donors (Lipinski definition) is 2. The lowest BCUT2D eigenvalue weighted by Crippen LogP contribution is -2.08. The molecule has 0 unspecified atom stereocenters. The van der Waals surface area contributed by atoms with E-state index >= 15 is 0 Å². The van der Waals surface area contributed by atoms with E-state index in [0.29, 0.717) is 18.6 Å². The molecule has 0 atom stereocenters. The number of hydrogen-bond acceptors (Lipinski definition) is 6. The van der Waals surface area contributed by atoms with E-state index < -0.39 is 0 Å². The van der Waals surface area contributed by atoms with Gasteiger partial charge in [-0.15, -0.1) is 10.2 Å². The van der Waals surface area contributed by atoms with Crippen molar-refractivity contribution in [1.29, 1.82) is 0 Å². The number of aromatic nitrogens is 7. The third-order valence-electron chi connectivity index (χ3n) is 3.65. The first-order valence-corrected chi connectivity index (χ1v) is 7.68. The number of nitrogens with zero attached hydrogens (tertiary/aromatic N) is 6. The molecule has 0 fully saturated rings. The molecule has 0 spiro atoms. The molecular formula is C16H16N8. The lowest BCUT2D eigenvalue weighted by Gasteiger charge is -2.08. The van der Waals surface area contributed by atoms with Gasteiger partial charge < -0.3 is 5.32 Å². The number of nitrogens with one attached hydrogen (secondary N) is 2. The number of aryl methyl sites for hydroxylation is 1. The molecule has 4 rings (SSSR count). The molecule has 3 heterocycles. The summed E-state index contributed by atoms with van der Waals surface area (Å²) in [5, 5.41) is 23.0. The van der Waals surface area contributed by atoms with E-state index in [1.807, 2.05) is 43.3 Å². The van der Waals surface area contributed by atoms with Gasteiger partial charge in [0.2, 0.25) is 5.65 Å². The fourth-order valence-corrected chi connectivity index (χ4v) is 2.52. The van der Waals surface area contributed by atoms with Crippen molar-refractivity contribution in [3.63, 3.8) is 0 Å².